The van der Waals surface area contributed by atoms with Gasteiger partial charge in [0.2, 0.25) is 0 Å². The minimum absolute atomic E-state index is 0.255. The summed E-state index contributed by atoms with van der Waals surface area (Å²) in [6.45, 7) is 0. The number of rotatable bonds is 4. The van der Waals surface area contributed by atoms with Crippen LogP contribution in [0.3, 0.4) is 0 Å². The van der Waals surface area contributed by atoms with Gasteiger partial charge in [0.25, 0.3) is 0 Å². The topological polar surface area (TPSA) is 35.3 Å². The predicted octanol–water partition coefficient (Wildman–Crippen LogP) is 6.81. The van der Waals surface area contributed by atoms with Gasteiger partial charge in [-0.25, -0.2) is 4.39 Å². The van der Waals surface area contributed by atoms with Crippen molar-refractivity contribution in [2.24, 2.45) is 0 Å². The monoisotopic (exact) mass is 395 g/mol. The van der Waals surface area contributed by atoms with Crippen LogP contribution in [0.15, 0.2) is 57.9 Å². The minimum Gasteiger partial charge on any atom is -0.497 e. The summed E-state index contributed by atoms with van der Waals surface area (Å²) in [7, 11) is -8.84. The SMILES string of the molecule is COc1ccc(-c2onc(-c3ccc(F)cc3)c2S(F)(F)(F)(F)F)cc1. The summed E-state index contributed by atoms with van der Waals surface area (Å²) in [5.74, 6) is -1.53. The summed E-state index contributed by atoms with van der Waals surface area (Å²) in [6.07, 6.45) is 0. The molecule has 0 saturated heterocycles. The first kappa shape index (κ1) is 18.2. The molecule has 2 aromatic carbocycles. The van der Waals surface area contributed by atoms with Crippen LogP contribution in [0.25, 0.3) is 22.6 Å². The number of halogens is 6. The summed E-state index contributed by atoms with van der Waals surface area (Å²) >= 11 is 0. The Kier molecular flexibility index (Phi) is 3.63. The van der Waals surface area contributed by atoms with Crippen molar-refractivity contribution in [2.75, 3.05) is 7.11 Å². The largest absolute Gasteiger partial charge is 0.497 e. The Balaban J connectivity index is 2.28. The first-order chi connectivity index (χ1) is 11.9. The van der Waals surface area contributed by atoms with Gasteiger partial charge in [0, 0.05) is 11.1 Å². The summed E-state index contributed by atoms with van der Waals surface area (Å²) in [6, 6.07) is 8.38. The Morgan fingerprint density at radius 2 is 1.38 bits per heavy atom. The van der Waals surface area contributed by atoms with Crippen LogP contribution in [0.1, 0.15) is 0 Å². The van der Waals surface area contributed by atoms with E-state index in [1.54, 1.807) is 0 Å². The van der Waals surface area contributed by atoms with Gasteiger partial charge in [0.15, 0.2) is 10.7 Å². The highest BCUT2D eigenvalue weighted by molar-refractivity contribution is 8.46. The number of methoxy groups -OCH3 is 1. The maximum atomic E-state index is 13.7. The van der Waals surface area contributed by atoms with E-state index in [1.807, 2.05) is 0 Å². The predicted molar refractivity (Wildman–Crippen MR) is 85.3 cm³/mol. The summed E-state index contributed by atoms with van der Waals surface area (Å²) in [4.78, 5) is -2.25. The number of hydrogen-bond donors (Lipinski definition) is 0. The van der Waals surface area contributed by atoms with Gasteiger partial charge in [0.05, 0.1) is 7.11 Å². The van der Waals surface area contributed by atoms with Crippen molar-refractivity contribution in [1.82, 2.24) is 5.16 Å². The Bertz CT molecular complexity index is 950. The van der Waals surface area contributed by atoms with Crippen molar-refractivity contribution < 1.29 is 33.1 Å². The van der Waals surface area contributed by atoms with Crippen molar-refractivity contribution in [3.8, 4) is 28.3 Å². The summed E-state index contributed by atoms with van der Waals surface area (Å²) in [5.41, 5.74) is -1.71. The van der Waals surface area contributed by atoms with E-state index in [4.69, 9.17) is 4.74 Å². The molecule has 1 heterocycles. The Labute approximate surface area is 143 Å². The molecule has 0 fully saturated rings. The highest BCUT2D eigenvalue weighted by atomic mass is 32.5. The molecule has 26 heavy (non-hydrogen) atoms. The number of hydrogen-bond acceptors (Lipinski definition) is 3. The molecule has 3 nitrogen and oxygen atoms in total. The molecule has 3 aromatic rings. The minimum atomic E-state index is -10.2. The van der Waals surface area contributed by atoms with E-state index >= 15 is 0 Å². The number of benzene rings is 2. The second-order valence-electron chi connectivity index (χ2n) is 5.39. The Morgan fingerprint density at radius 1 is 0.846 bits per heavy atom. The van der Waals surface area contributed by atoms with Crippen LogP contribution < -0.4 is 4.74 Å². The second kappa shape index (κ2) is 5.19. The van der Waals surface area contributed by atoms with Crippen molar-refractivity contribution in [1.29, 1.82) is 0 Å². The molecule has 0 atom stereocenters. The van der Waals surface area contributed by atoms with Crippen LogP contribution in [-0.4, -0.2) is 12.3 Å². The lowest BCUT2D eigenvalue weighted by atomic mass is 10.1. The smallest absolute Gasteiger partial charge is 0.316 e. The highest BCUT2D eigenvalue weighted by Gasteiger charge is 2.69. The van der Waals surface area contributed by atoms with Crippen molar-refractivity contribution in [3.05, 3.63) is 54.3 Å². The van der Waals surface area contributed by atoms with E-state index in [1.165, 1.54) is 19.2 Å². The third-order valence-electron chi connectivity index (χ3n) is 3.51. The van der Waals surface area contributed by atoms with E-state index < -0.39 is 32.4 Å². The molecule has 0 aliphatic heterocycles. The van der Waals surface area contributed by atoms with Crippen molar-refractivity contribution >= 4 is 10.2 Å². The fourth-order valence-electron chi connectivity index (χ4n) is 2.36. The zero-order chi connectivity index (χ0) is 19.2. The molecule has 0 saturated carbocycles. The van der Waals surface area contributed by atoms with Crippen LogP contribution in [0.5, 0.6) is 5.75 Å². The van der Waals surface area contributed by atoms with Crippen LogP contribution in [0.2, 0.25) is 0 Å². The number of ether oxygens (including phenoxy) is 1. The lowest BCUT2D eigenvalue weighted by Gasteiger charge is -2.40. The molecule has 0 aliphatic rings. The standard InChI is InChI=1S/C16H11F6NO2S/c1-24-13-8-4-11(5-9-13)15-16(26(18,19,20,21)22)14(23-25-15)10-2-6-12(17)7-3-10/h2-9H,1H3. The van der Waals surface area contributed by atoms with E-state index in [0.29, 0.717) is 5.75 Å². The fourth-order valence-corrected chi connectivity index (χ4v) is 3.38. The lowest BCUT2D eigenvalue weighted by molar-refractivity contribution is 0.362. The molecular formula is C16H11F6NO2S. The van der Waals surface area contributed by atoms with Gasteiger partial charge in [-0.05, 0) is 48.5 Å². The molecule has 0 aliphatic carbocycles. The van der Waals surface area contributed by atoms with Gasteiger partial charge < -0.3 is 9.26 Å². The van der Waals surface area contributed by atoms with Gasteiger partial charge in [-0.15, -0.1) is 0 Å². The lowest BCUT2D eigenvalue weighted by Crippen LogP contribution is -2.08. The molecule has 0 amide bonds. The maximum absolute atomic E-state index is 13.7. The summed E-state index contributed by atoms with van der Waals surface area (Å²) in [5, 5.41) is 3.19. The average molecular weight is 395 g/mol. The van der Waals surface area contributed by atoms with Gasteiger partial charge >= 0.3 is 10.2 Å². The van der Waals surface area contributed by atoms with Gasteiger partial charge in [-0.2, -0.15) is 0 Å². The van der Waals surface area contributed by atoms with E-state index in [9.17, 15) is 23.8 Å². The average Bonchev–Trinajstić information content (AvgIpc) is 3.00. The fraction of sp³-hybridized carbons (Fsp3) is 0.0625. The second-order valence-corrected chi connectivity index (χ2v) is 7.74. The number of nitrogens with zero attached hydrogens (tertiary/aromatic N) is 1. The van der Waals surface area contributed by atoms with Crippen LogP contribution in [-0.2, 0) is 0 Å². The third kappa shape index (κ3) is 3.50. The van der Waals surface area contributed by atoms with Gasteiger partial charge in [-0.3, -0.25) is 0 Å². The molecular weight excluding hydrogens is 384 g/mol. The third-order valence-corrected chi connectivity index (χ3v) is 4.66. The molecule has 0 radical (unpaired) electrons. The summed E-state index contributed by atoms with van der Waals surface area (Å²) < 4.78 is 91.0. The van der Waals surface area contributed by atoms with Crippen LogP contribution >= 0.6 is 10.2 Å². The van der Waals surface area contributed by atoms with E-state index in [0.717, 1.165) is 36.4 Å². The first-order valence-electron chi connectivity index (χ1n) is 7.03. The van der Waals surface area contributed by atoms with Gasteiger partial charge in [0.1, 0.15) is 17.3 Å². The molecule has 140 valence electrons. The Morgan fingerprint density at radius 3 is 1.88 bits per heavy atom. The zero-order valence-corrected chi connectivity index (χ0v) is 13.9. The van der Waals surface area contributed by atoms with Gasteiger partial charge in [-0.1, -0.05) is 24.6 Å². The first-order valence-corrected chi connectivity index (χ1v) is 8.98. The molecule has 0 N–H and O–H groups in total. The molecule has 0 bridgehead atoms. The van der Waals surface area contributed by atoms with E-state index in [2.05, 4.69) is 9.68 Å². The quantitative estimate of drug-likeness (QED) is 0.455. The highest BCUT2D eigenvalue weighted by Crippen LogP contribution is 3.03. The molecule has 3 rings (SSSR count). The van der Waals surface area contributed by atoms with Crippen molar-refractivity contribution in [2.45, 2.75) is 4.90 Å². The van der Waals surface area contributed by atoms with Crippen LogP contribution in [0.4, 0.5) is 23.8 Å². The van der Waals surface area contributed by atoms with Crippen LogP contribution in [0, 0.1) is 5.82 Å². The molecule has 0 spiro atoms. The molecule has 1 aromatic heterocycles. The molecule has 10 heteroatoms. The zero-order valence-electron chi connectivity index (χ0n) is 13.1. The van der Waals surface area contributed by atoms with E-state index in [-0.39, 0.29) is 11.1 Å². The normalized spacial score (nSPS) is 14.6. The Hall–Kier alpha value is -2.62. The number of aromatic nitrogens is 1. The maximum Gasteiger partial charge on any atom is 0.316 e. The molecule has 0 unspecified atom stereocenters. The van der Waals surface area contributed by atoms with Crippen molar-refractivity contribution in [3.63, 3.8) is 0 Å².